The number of esters is 2. The third-order valence-corrected chi connectivity index (χ3v) is 10.6. The lowest BCUT2D eigenvalue weighted by Crippen LogP contribution is -2.52. The molecule has 10 atom stereocenters. The minimum Gasteiger partial charge on any atom is -0.465 e. The first kappa shape index (κ1) is 24.1. The smallest absolute Gasteiger partial charge is 0.310 e. The predicted molar refractivity (Wildman–Crippen MR) is 133 cm³/mol. The van der Waals surface area contributed by atoms with Crippen molar-refractivity contribution in [1.29, 1.82) is 0 Å². The lowest BCUT2D eigenvalue weighted by Gasteiger charge is -2.53. The van der Waals surface area contributed by atoms with Gasteiger partial charge in [-0.15, -0.1) is 0 Å². The zero-order valence-corrected chi connectivity index (χ0v) is 22.1. The molecule has 0 aromatic carbocycles. The summed E-state index contributed by atoms with van der Waals surface area (Å²) >= 11 is 0. The highest BCUT2D eigenvalue weighted by atomic mass is 16.5. The zero-order chi connectivity index (χ0) is 24.4. The molecule has 4 nitrogen and oxygen atoms in total. The van der Waals surface area contributed by atoms with Crippen molar-refractivity contribution in [3.8, 4) is 0 Å². The van der Waals surface area contributed by atoms with Crippen LogP contribution in [0.15, 0.2) is 23.3 Å². The molecule has 0 amide bonds. The SMILES string of the molecule is CC1=C[C@]2(C)C[C@@H](C)CC[C@@H]2[C@H]2C(=O)OC[C@@H]3C(C)=C[C@]4(C)C[C@@H](C)CC[C@@H]4[C@H]3C(=O)OC[C@H]12. The topological polar surface area (TPSA) is 52.6 Å². The van der Waals surface area contributed by atoms with Gasteiger partial charge in [0, 0.05) is 11.8 Å². The van der Waals surface area contributed by atoms with E-state index in [4.69, 9.17) is 9.47 Å². The van der Waals surface area contributed by atoms with Gasteiger partial charge in [0.25, 0.3) is 0 Å². The van der Waals surface area contributed by atoms with Gasteiger partial charge in [-0.2, -0.15) is 0 Å². The molecule has 0 bridgehead atoms. The molecular formula is C30H44O4. The van der Waals surface area contributed by atoms with E-state index in [1.165, 1.54) is 11.1 Å². The lowest BCUT2D eigenvalue weighted by atomic mass is 9.53. The first-order valence-corrected chi connectivity index (χ1v) is 13.7. The lowest BCUT2D eigenvalue weighted by molar-refractivity contribution is -0.173. The van der Waals surface area contributed by atoms with Crippen LogP contribution in [0.1, 0.15) is 80.1 Å². The molecule has 188 valence electrons. The molecule has 1 saturated heterocycles. The molecule has 2 saturated carbocycles. The summed E-state index contributed by atoms with van der Waals surface area (Å²) < 4.78 is 12.3. The Morgan fingerprint density at radius 2 is 1.09 bits per heavy atom. The van der Waals surface area contributed by atoms with Crippen LogP contribution in [0.5, 0.6) is 0 Å². The fraction of sp³-hybridized carbons (Fsp3) is 0.800. The first-order chi connectivity index (χ1) is 16.0. The Kier molecular flexibility index (Phi) is 6.05. The summed E-state index contributed by atoms with van der Waals surface area (Å²) in [6.45, 7) is 14.1. The van der Waals surface area contributed by atoms with Gasteiger partial charge in [-0.25, -0.2) is 0 Å². The molecule has 4 aliphatic carbocycles. The number of carbonyl (C=O) groups is 2. The van der Waals surface area contributed by atoms with Gasteiger partial charge in [0.15, 0.2) is 0 Å². The van der Waals surface area contributed by atoms with E-state index >= 15 is 0 Å². The Morgan fingerprint density at radius 3 is 1.47 bits per heavy atom. The number of hydrogen-bond donors (Lipinski definition) is 0. The van der Waals surface area contributed by atoms with Gasteiger partial charge in [0.2, 0.25) is 0 Å². The monoisotopic (exact) mass is 468 g/mol. The highest BCUT2D eigenvalue weighted by molar-refractivity contribution is 5.77. The van der Waals surface area contributed by atoms with Crippen LogP contribution in [0.3, 0.4) is 0 Å². The van der Waals surface area contributed by atoms with E-state index in [0.717, 1.165) is 38.5 Å². The Hall–Kier alpha value is -1.58. The minimum atomic E-state index is -0.222. The molecule has 0 aromatic heterocycles. The summed E-state index contributed by atoms with van der Waals surface area (Å²) in [5.41, 5.74) is 2.41. The number of carbonyl (C=O) groups excluding carboxylic acids is 2. The Bertz CT molecular complexity index is 843. The van der Waals surface area contributed by atoms with Crippen LogP contribution in [0.4, 0.5) is 0 Å². The first-order valence-electron chi connectivity index (χ1n) is 13.7. The van der Waals surface area contributed by atoms with E-state index in [9.17, 15) is 9.59 Å². The molecule has 0 unspecified atom stereocenters. The fourth-order valence-corrected chi connectivity index (χ4v) is 9.15. The molecule has 5 aliphatic rings. The summed E-state index contributed by atoms with van der Waals surface area (Å²) in [4.78, 5) is 27.5. The van der Waals surface area contributed by atoms with Crippen molar-refractivity contribution in [1.82, 2.24) is 0 Å². The second kappa shape index (κ2) is 8.52. The number of cyclic esters (lactones) is 2. The standard InChI is InChI=1S/C30H44O4/c1-17-7-9-23-25-21(19(3)13-29(23,5)11-17)15-34-28(32)26-22(16-33-27(25)31)20(4)14-30(6)12-18(2)8-10-24(26)30/h13-14,17-18,21-26H,7-12,15-16H2,1-6H3/t17-,18-,21+,22+,23+,24+,25-,26-,29-,30-/m0/s1. The average molecular weight is 469 g/mol. The van der Waals surface area contributed by atoms with E-state index in [1.54, 1.807) is 0 Å². The quantitative estimate of drug-likeness (QED) is 0.307. The van der Waals surface area contributed by atoms with Crippen LogP contribution < -0.4 is 0 Å². The third kappa shape index (κ3) is 3.88. The van der Waals surface area contributed by atoms with E-state index < -0.39 is 0 Å². The molecule has 0 spiro atoms. The van der Waals surface area contributed by atoms with Gasteiger partial charge in [0.1, 0.15) is 0 Å². The second-order valence-electron chi connectivity index (χ2n) is 13.3. The number of fused-ring (bicyclic) bond motifs is 6. The molecule has 1 aliphatic heterocycles. The van der Waals surface area contributed by atoms with Crippen LogP contribution in [-0.2, 0) is 19.1 Å². The highest BCUT2D eigenvalue weighted by Gasteiger charge is 2.55. The van der Waals surface area contributed by atoms with Crippen LogP contribution in [0.2, 0.25) is 0 Å². The van der Waals surface area contributed by atoms with Gasteiger partial charge < -0.3 is 9.47 Å². The molecule has 34 heavy (non-hydrogen) atoms. The van der Waals surface area contributed by atoms with Crippen LogP contribution in [-0.4, -0.2) is 25.2 Å². The molecule has 0 aromatic rings. The van der Waals surface area contributed by atoms with Crippen molar-refractivity contribution < 1.29 is 19.1 Å². The van der Waals surface area contributed by atoms with Crippen molar-refractivity contribution in [3.63, 3.8) is 0 Å². The van der Waals surface area contributed by atoms with Gasteiger partial charge in [-0.3, -0.25) is 9.59 Å². The average Bonchev–Trinajstić information content (AvgIpc) is 2.73. The molecule has 4 heteroatoms. The third-order valence-electron chi connectivity index (χ3n) is 10.6. The molecule has 0 radical (unpaired) electrons. The maximum atomic E-state index is 13.7. The maximum absolute atomic E-state index is 13.7. The van der Waals surface area contributed by atoms with E-state index in [-0.39, 0.29) is 58.3 Å². The zero-order valence-electron chi connectivity index (χ0n) is 22.1. The van der Waals surface area contributed by atoms with Crippen molar-refractivity contribution in [2.24, 2.45) is 58.2 Å². The maximum Gasteiger partial charge on any atom is 0.310 e. The molecular weight excluding hydrogens is 424 g/mol. The number of hydrogen-bond acceptors (Lipinski definition) is 4. The molecule has 0 N–H and O–H groups in total. The summed E-state index contributed by atoms with van der Waals surface area (Å²) in [6.07, 6.45) is 11.4. The van der Waals surface area contributed by atoms with E-state index in [2.05, 4.69) is 53.7 Å². The fourth-order valence-electron chi connectivity index (χ4n) is 9.15. The van der Waals surface area contributed by atoms with Crippen LogP contribution in [0.25, 0.3) is 0 Å². The number of rotatable bonds is 0. The second-order valence-corrected chi connectivity index (χ2v) is 13.3. The Morgan fingerprint density at radius 1 is 0.706 bits per heavy atom. The van der Waals surface area contributed by atoms with E-state index in [0.29, 0.717) is 25.0 Å². The highest BCUT2D eigenvalue weighted by Crippen LogP contribution is 2.57. The Labute approximate surface area is 205 Å². The minimum absolute atomic E-state index is 0.0137. The summed E-state index contributed by atoms with van der Waals surface area (Å²) in [5.74, 6) is 1.11. The summed E-state index contributed by atoms with van der Waals surface area (Å²) in [7, 11) is 0. The van der Waals surface area contributed by atoms with Crippen molar-refractivity contribution in [2.75, 3.05) is 13.2 Å². The summed E-state index contributed by atoms with van der Waals surface area (Å²) in [6, 6.07) is 0. The van der Waals surface area contributed by atoms with E-state index in [1.807, 2.05) is 0 Å². The van der Waals surface area contributed by atoms with Crippen LogP contribution in [0, 0.1) is 58.2 Å². The van der Waals surface area contributed by atoms with Crippen LogP contribution >= 0.6 is 0 Å². The normalized spacial score (nSPS) is 49.1. The Balaban J connectivity index is 1.48. The molecule has 1 heterocycles. The van der Waals surface area contributed by atoms with Gasteiger partial charge in [-0.05, 0) is 74.0 Å². The number of allylic oxidation sites excluding steroid dienone is 2. The van der Waals surface area contributed by atoms with Gasteiger partial charge >= 0.3 is 11.9 Å². The largest absolute Gasteiger partial charge is 0.465 e. The van der Waals surface area contributed by atoms with Crippen molar-refractivity contribution >= 4 is 11.9 Å². The van der Waals surface area contributed by atoms with Crippen molar-refractivity contribution in [3.05, 3.63) is 23.3 Å². The van der Waals surface area contributed by atoms with Gasteiger partial charge in [0.05, 0.1) is 25.0 Å². The van der Waals surface area contributed by atoms with Crippen molar-refractivity contribution in [2.45, 2.75) is 80.1 Å². The van der Waals surface area contributed by atoms with Gasteiger partial charge in [-0.1, -0.05) is 63.8 Å². The predicted octanol–water partition coefficient (Wildman–Crippen LogP) is 6.36. The summed E-state index contributed by atoms with van der Waals surface area (Å²) in [5, 5.41) is 0. The molecule has 5 rings (SSSR count). The number of ether oxygens (including phenoxy) is 2. The molecule has 3 fully saturated rings.